The molecule has 88 valence electrons. The monoisotopic (exact) mass is 310 g/mol. The fraction of sp³-hybridized carbons (Fsp3) is 0.154. The van der Waals surface area contributed by atoms with Crippen molar-refractivity contribution < 1.29 is 0 Å². The maximum Gasteiger partial charge on any atom is 0.0410 e. The third-order valence-corrected chi connectivity index (χ3v) is 3.49. The van der Waals surface area contributed by atoms with E-state index in [2.05, 4.69) is 20.9 Å². The SMILES string of the molecule is NC(Cc1cccnc1)c1cc(Cl)ccc1Br. The molecule has 0 saturated carbocycles. The molecule has 17 heavy (non-hydrogen) atoms. The fourth-order valence-corrected chi connectivity index (χ4v) is 2.40. The van der Waals surface area contributed by atoms with Crippen LogP contribution in [-0.2, 0) is 6.42 Å². The van der Waals surface area contributed by atoms with Crippen molar-refractivity contribution in [2.24, 2.45) is 5.73 Å². The quantitative estimate of drug-likeness (QED) is 0.938. The van der Waals surface area contributed by atoms with Crippen LogP contribution in [0.25, 0.3) is 0 Å². The molecule has 2 rings (SSSR count). The van der Waals surface area contributed by atoms with E-state index in [1.807, 2.05) is 36.5 Å². The van der Waals surface area contributed by atoms with Gasteiger partial charge in [-0.2, -0.15) is 0 Å². The van der Waals surface area contributed by atoms with Crippen LogP contribution in [-0.4, -0.2) is 4.98 Å². The summed E-state index contributed by atoms with van der Waals surface area (Å²) < 4.78 is 0.985. The summed E-state index contributed by atoms with van der Waals surface area (Å²) in [6.45, 7) is 0. The molecule has 0 fully saturated rings. The second-order valence-electron chi connectivity index (χ2n) is 3.84. The molecular weight excluding hydrogens is 300 g/mol. The number of aromatic nitrogens is 1. The lowest BCUT2D eigenvalue weighted by atomic mass is 10.0. The number of hydrogen-bond acceptors (Lipinski definition) is 2. The number of nitrogens with zero attached hydrogens (tertiary/aromatic N) is 1. The zero-order chi connectivity index (χ0) is 12.3. The molecule has 0 aliphatic carbocycles. The van der Waals surface area contributed by atoms with Crippen molar-refractivity contribution in [2.75, 3.05) is 0 Å². The predicted molar refractivity (Wildman–Crippen MR) is 74.0 cm³/mol. The first-order chi connectivity index (χ1) is 8.16. The highest BCUT2D eigenvalue weighted by Crippen LogP contribution is 2.27. The molecule has 0 radical (unpaired) electrons. The molecule has 0 amide bonds. The van der Waals surface area contributed by atoms with Gasteiger partial charge in [-0.3, -0.25) is 4.98 Å². The minimum Gasteiger partial charge on any atom is -0.324 e. The Balaban J connectivity index is 2.20. The minimum absolute atomic E-state index is 0.0905. The van der Waals surface area contributed by atoms with Crippen molar-refractivity contribution in [3.63, 3.8) is 0 Å². The predicted octanol–water partition coefficient (Wildman–Crippen LogP) is 3.74. The highest BCUT2D eigenvalue weighted by molar-refractivity contribution is 9.10. The average Bonchev–Trinajstić information content (AvgIpc) is 2.33. The largest absolute Gasteiger partial charge is 0.324 e. The van der Waals surface area contributed by atoms with E-state index in [1.54, 1.807) is 6.20 Å². The topological polar surface area (TPSA) is 38.9 Å². The number of nitrogens with two attached hydrogens (primary N) is 1. The molecular formula is C13H12BrClN2. The molecule has 1 atom stereocenters. The van der Waals surface area contributed by atoms with Gasteiger partial charge in [-0.05, 0) is 41.8 Å². The van der Waals surface area contributed by atoms with Crippen LogP contribution in [0.2, 0.25) is 5.02 Å². The summed E-state index contributed by atoms with van der Waals surface area (Å²) in [5.74, 6) is 0. The van der Waals surface area contributed by atoms with E-state index in [1.165, 1.54) is 0 Å². The molecule has 0 aliphatic rings. The molecule has 0 saturated heterocycles. The number of rotatable bonds is 3. The highest BCUT2D eigenvalue weighted by Gasteiger charge is 2.11. The second kappa shape index (κ2) is 5.63. The van der Waals surface area contributed by atoms with Crippen LogP contribution in [0.4, 0.5) is 0 Å². The molecule has 0 aliphatic heterocycles. The molecule has 2 N–H and O–H groups in total. The van der Waals surface area contributed by atoms with Crippen LogP contribution in [0, 0.1) is 0 Å². The Labute approximate surface area is 114 Å². The Kier molecular flexibility index (Phi) is 4.15. The fourth-order valence-electron chi connectivity index (χ4n) is 1.68. The molecule has 0 spiro atoms. The average molecular weight is 312 g/mol. The Hall–Kier alpha value is -0.900. The number of halogens is 2. The summed E-state index contributed by atoms with van der Waals surface area (Å²) in [6, 6.07) is 9.49. The molecule has 4 heteroatoms. The van der Waals surface area contributed by atoms with Gasteiger partial charge in [0.05, 0.1) is 0 Å². The Morgan fingerprint density at radius 1 is 1.35 bits per heavy atom. The molecule has 2 aromatic rings. The Morgan fingerprint density at radius 3 is 2.88 bits per heavy atom. The molecule has 2 nitrogen and oxygen atoms in total. The second-order valence-corrected chi connectivity index (χ2v) is 5.13. The van der Waals surface area contributed by atoms with Gasteiger partial charge in [-0.15, -0.1) is 0 Å². The maximum absolute atomic E-state index is 6.18. The lowest BCUT2D eigenvalue weighted by molar-refractivity contribution is 0.716. The minimum atomic E-state index is -0.0905. The standard InChI is InChI=1S/C13H12BrClN2/c14-12-4-3-10(15)7-11(12)13(16)6-9-2-1-5-17-8-9/h1-5,7-8,13H,6,16H2. The third-order valence-electron chi connectivity index (χ3n) is 2.54. The molecule has 0 bridgehead atoms. The van der Waals surface area contributed by atoms with Gasteiger partial charge in [0.1, 0.15) is 0 Å². The summed E-state index contributed by atoms with van der Waals surface area (Å²) in [7, 11) is 0. The lowest BCUT2D eigenvalue weighted by Gasteiger charge is -2.14. The van der Waals surface area contributed by atoms with E-state index < -0.39 is 0 Å². The van der Waals surface area contributed by atoms with Crippen LogP contribution < -0.4 is 5.73 Å². The molecule has 1 heterocycles. The summed E-state index contributed by atoms with van der Waals surface area (Å²) in [5.41, 5.74) is 8.31. The van der Waals surface area contributed by atoms with E-state index in [9.17, 15) is 0 Å². The van der Waals surface area contributed by atoms with Crippen molar-refractivity contribution in [1.82, 2.24) is 4.98 Å². The van der Waals surface area contributed by atoms with Gasteiger partial charge in [-0.1, -0.05) is 33.6 Å². The number of pyridine rings is 1. The Morgan fingerprint density at radius 2 is 2.18 bits per heavy atom. The van der Waals surface area contributed by atoms with E-state index >= 15 is 0 Å². The molecule has 1 aromatic carbocycles. The first kappa shape index (κ1) is 12.6. The molecule has 1 unspecified atom stereocenters. The summed E-state index contributed by atoms with van der Waals surface area (Å²) in [6.07, 6.45) is 4.33. The van der Waals surface area contributed by atoms with Crippen LogP contribution >= 0.6 is 27.5 Å². The van der Waals surface area contributed by atoms with E-state index in [0.717, 1.165) is 22.0 Å². The van der Waals surface area contributed by atoms with Crippen molar-refractivity contribution >= 4 is 27.5 Å². The van der Waals surface area contributed by atoms with Crippen molar-refractivity contribution in [2.45, 2.75) is 12.5 Å². The lowest BCUT2D eigenvalue weighted by Crippen LogP contribution is -2.14. The van der Waals surface area contributed by atoms with Crippen LogP contribution in [0.3, 0.4) is 0 Å². The highest BCUT2D eigenvalue weighted by atomic mass is 79.9. The van der Waals surface area contributed by atoms with E-state index in [4.69, 9.17) is 17.3 Å². The van der Waals surface area contributed by atoms with Crippen LogP contribution in [0.5, 0.6) is 0 Å². The van der Waals surface area contributed by atoms with Crippen molar-refractivity contribution in [3.05, 3.63) is 63.3 Å². The summed E-state index contributed by atoms with van der Waals surface area (Å²) in [4.78, 5) is 4.08. The van der Waals surface area contributed by atoms with E-state index in [0.29, 0.717) is 5.02 Å². The van der Waals surface area contributed by atoms with Gasteiger partial charge in [-0.25, -0.2) is 0 Å². The van der Waals surface area contributed by atoms with E-state index in [-0.39, 0.29) is 6.04 Å². The summed E-state index contributed by atoms with van der Waals surface area (Å²) >= 11 is 9.47. The zero-order valence-corrected chi connectivity index (χ0v) is 11.4. The van der Waals surface area contributed by atoms with Gasteiger partial charge in [0.2, 0.25) is 0 Å². The van der Waals surface area contributed by atoms with Gasteiger partial charge in [0.25, 0.3) is 0 Å². The first-order valence-electron chi connectivity index (χ1n) is 5.26. The van der Waals surface area contributed by atoms with Gasteiger partial charge >= 0.3 is 0 Å². The Bertz CT molecular complexity index is 502. The van der Waals surface area contributed by atoms with Crippen LogP contribution in [0.15, 0.2) is 47.2 Å². The maximum atomic E-state index is 6.18. The number of hydrogen-bond donors (Lipinski definition) is 1. The normalized spacial score (nSPS) is 12.4. The van der Waals surface area contributed by atoms with Crippen molar-refractivity contribution in [1.29, 1.82) is 0 Å². The third kappa shape index (κ3) is 3.28. The number of benzene rings is 1. The van der Waals surface area contributed by atoms with Crippen LogP contribution in [0.1, 0.15) is 17.2 Å². The molecule has 1 aromatic heterocycles. The van der Waals surface area contributed by atoms with Crippen molar-refractivity contribution in [3.8, 4) is 0 Å². The van der Waals surface area contributed by atoms with Gasteiger partial charge in [0.15, 0.2) is 0 Å². The van der Waals surface area contributed by atoms with Gasteiger partial charge in [0, 0.05) is 27.9 Å². The zero-order valence-electron chi connectivity index (χ0n) is 9.11. The smallest absolute Gasteiger partial charge is 0.0410 e. The first-order valence-corrected chi connectivity index (χ1v) is 6.43. The van der Waals surface area contributed by atoms with Gasteiger partial charge < -0.3 is 5.73 Å². The summed E-state index contributed by atoms with van der Waals surface area (Å²) in [5, 5.41) is 0.699.